The molecule has 0 radical (unpaired) electrons. The van der Waals surface area contributed by atoms with Crippen molar-refractivity contribution in [1.82, 2.24) is 5.32 Å². The van der Waals surface area contributed by atoms with Crippen molar-refractivity contribution in [3.05, 3.63) is 85.1 Å². The third kappa shape index (κ3) is 39.3. The molecule has 3 fully saturated rings. The molecule has 17 unspecified atom stereocenters. The van der Waals surface area contributed by atoms with Gasteiger partial charge in [0.2, 0.25) is 5.91 Å². The number of allylic oxidation sites excluding steroid dienone is 14. The SMILES string of the molecule is CC/C=C\C/C=C\C/C=C\C/C=C\C/C=C\C/C=C\C/C=C\CCCC(=O)NC(COC1OC(CO)C(OC2OC(CO)C(OC3OC(CO)C(O)C(O)C3O)C(O)C2O)C(O)C1O)C(O)CCCCCCCCCCCCCCCCCCCCCCCCCCCCCCC. The van der Waals surface area contributed by atoms with Crippen molar-refractivity contribution >= 4 is 5.91 Å². The van der Waals surface area contributed by atoms with E-state index in [2.05, 4.69) is 98.2 Å². The normalized spacial score (nSPS) is 27.4. The molecule has 19 nitrogen and oxygen atoms in total. The van der Waals surface area contributed by atoms with Gasteiger partial charge in [-0.1, -0.05) is 285 Å². The van der Waals surface area contributed by atoms with Gasteiger partial charge in [-0.3, -0.25) is 4.79 Å². The molecule has 0 aromatic rings. The molecule has 97 heavy (non-hydrogen) atoms. The van der Waals surface area contributed by atoms with Crippen LogP contribution in [-0.2, 0) is 33.2 Å². The van der Waals surface area contributed by atoms with E-state index in [4.69, 9.17) is 28.4 Å². The van der Waals surface area contributed by atoms with Crippen LogP contribution in [0.3, 0.4) is 0 Å². The Labute approximate surface area is 584 Å². The van der Waals surface area contributed by atoms with Crippen molar-refractivity contribution in [2.75, 3.05) is 26.4 Å². The van der Waals surface area contributed by atoms with Crippen LogP contribution in [-0.4, -0.2) is 193 Å². The van der Waals surface area contributed by atoms with Crippen LogP contribution in [0.5, 0.6) is 0 Å². The highest BCUT2D eigenvalue weighted by Gasteiger charge is 2.53. The summed E-state index contributed by atoms with van der Waals surface area (Å²) in [7, 11) is 0. The minimum absolute atomic E-state index is 0.182. The predicted octanol–water partition coefficient (Wildman–Crippen LogP) is 11.8. The summed E-state index contributed by atoms with van der Waals surface area (Å²) in [5, 5.41) is 121. The van der Waals surface area contributed by atoms with Gasteiger partial charge in [-0.25, -0.2) is 0 Å². The van der Waals surface area contributed by atoms with E-state index in [-0.39, 0.29) is 18.9 Å². The minimum Gasteiger partial charge on any atom is -0.394 e. The Hall–Kier alpha value is -3.03. The molecule has 3 saturated heterocycles. The molecule has 0 spiro atoms. The van der Waals surface area contributed by atoms with Gasteiger partial charge in [0.05, 0.1) is 38.6 Å². The van der Waals surface area contributed by atoms with Gasteiger partial charge in [0.15, 0.2) is 18.9 Å². The smallest absolute Gasteiger partial charge is 0.220 e. The van der Waals surface area contributed by atoms with Crippen molar-refractivity contribution in [2.24, 2.45) is 0 Å². The highest BCUT2D eigenvalue weighted by Crippen LogP contribution is 2.33. The number of ether oxygens (including phenoxy) is 6. The highest BCUT2D eigenvalue weighted by atomic mass is 16.8. The number of hydrogen-bond acceptors (Lipinski definition) is 18. The van der Waals surface area contributed by atoms with E-state index in [0.29, 0.717) is 25.7 Å². The van der Waals surface area contributed by atoms with Gasteiger partial charge in [0.25, 0.3) is 0 Å². The maximum absolute atomic E-state index is 13.4. The number of unbranched alkanes of at least 4 members (excludes halogenated alkanes) is 29. The zero-order valence-electron chi connectivity index (χ0n) is 59.8. The molecule has 0 aliphatic carbocycles. The lowest BCUT2D eigenvalue weighted by molar-refractivity contribution is -0.379. The molecule has 3 rings (SSSR count). The summed E-state index contributed by atoms with van der Waals surface area (Å²) in [5.41, 5.74) is 0. The van der Waals surface area contributed by atoms with Gasteiger partial charge in [-0.05, 0) is 64.2 Å². The molecule has 12 N–H and O–H groups in total. The molecular formula is C78H137NO18. The summed E-state index contributed by atoms with van der Waals surface area (Å²) >= 11 is 0. The predicted molar refractivity (Wildman–Crippen MR) is 383 cm³/mol. The summed E-state index contributed by atoms with van der Waals surface area (Å²) in [6, 6.07) is -0.926. The van der Waals surface area contributed by atoms with Crippen molar-refractivity contribution in [1.29, 1.82) is 0 Å². The number of aliphatic hydroxyl groups excluding tert-OH is 11. The van der Waals surface area contributed by atoms with Crippen molar-refractivity contribution in [3.8, 4) is 0 Å². The first-order valence-electron chi connectivity index (χ1n) is 38.3. The molecule has 3 aliphatic rings. The van der Waals surface area contributed by atoms with Crippen molar-refractivity contribution < 1.29 is 89.4 Å². The summed E-state index contributed by atoms with van der Waals surface area (Å²) in [5.74, 6) is -0.300. The first-order chi connectivity index (χ1) is 47.3. The second-order valence-electron chi connectivity index (χ2n) is 27.1. The van der Waals surface area contributed by atoms with E-state index < -0.39 is 124 Å². The Morgan fingerprint density at radius 1 is 0.381 bits per heavy atom. The summed E-state index contributed by atoms with van der Waals surface area (Å²) in [6.07, 6.45) is 49.6. The second kappa shape index (κ2) is 58.5. The molecule has 19 heteroatoms. The van der Waals surface area contributed by atoms with E-state index in [0.717, 1.165) is 64.2 Å². The lowest BCUT2D eigenvalue weighted by atomic mass is 9.96. The summed E-state index contributed by atoms with van der Waals surface area (Å²) in [4.78, 5) is 13.4. The minimum atomic E-state index is -1.98. The molecule has 1 amide bonds. The van der Waals surface area contributed by atoms with Crippen molar-refractivity contribution in [2.45, 2.75) is 375 Å². The van der Waals surface area contributed by atoms with E-state index in [1.54, 1.807) is 0 Å². The first-order valence-corrected chi connectivity index (χ1v) is 38.3. The maximum atomic E-state index is 13.4. The molecule has 0 aromatic carbocycles. The quantitative estimate of drug-likeness (QED) is 0.0199. The topological polar surface area (TPSA) is 307 Å². The third-order valence-corrected chi connectivity index (χ3v) is 18.7. The van der Waals surface area contributed by atoms with E-state index >= 15 is 0 Å². The van der Waals surface area contributed by atoms with E-state index in [9.17, 15) is 61.0 Å². The van der Waals surface area contributed by atoms with Gasteiger partial charge >= 0.3 is 0 Å². The Bertz CT molecular complexity index is 2080. The Morgan fingerprint density at radius 2 is 0.701 bits per heavy atom. The molecule has 0 aromatic heterocycles. The lowest BCUT2D eigenvalue weighted by Crippen LogP contribution is -2.66. The second-order valence-corrected chi connectivity index (χ2v) is 27.1. The Balaban J connectivity index is 1.41. The lowest BCUT2D eigenvalue weighted by Gasteiger charge is -2.48. The zero-order chi connectivity index (χ0) is 70.4. The van der Waals surface area contributed by atoms with Gasteiger partial charge < -0.3 is 89.9 Å². The fraction of sp³-hybridized carbons (Fsp3) is 0.808. The zero-order valence-corrected chi connectivity index (χ0v) is 59.8. The van der Waals surface area contributed by atoms with E-state index in [1.165, 1.54) is 161 Å². The van der Waals surface area contributed by atoms with Crippen LogP contribution in [0.4, 0.5) is 0 Å². The van der Waals surface area contributed by atoms with Gasteiger partial charge in [-0.15, -0.1) is 0 Å². The summed E-state index contributed by atoms with van der Waals surface area (Å²) in [6.45, 7) is 1.66. The Morgan fingerprint density at radius 3 is 1.07 bits per heavy atom. The van der Waals surface area contributed by atoms with Crippen LogP contribution >= 0.6 is 0 Å². The number of hydrogen-bond donors (Lipinski definition) is 12. The first kappa shape index (κ1) is 88.2. The van der Waals surface area contributed by atoms with Crippen LogP contribution < -0.4 is 5.32 Å². The van der Waals surface area contributed by atoms with Crippen LogP contribution in [0.25, 0.3) is 0 Å². The van der Waals surface area contributed by atoms with Gasteiger partial charge in [0, 0.05) is 6.42 Å². The average Bonchev–Trinajstić information content (AvgIpc) is 0.826. The van der Waals surface area contributed by atoms with Gasteiger partial charge in [-0.2, -0.15) is 0 Å². The number of aliphatic hydroxyl groups is 11. The molecular weight excluding hydrogens is 1240 g/mol. The fourth-order valence-corrected chi connectivity index (χ4v) is 12.6. The van der Waals surface area contributed by atoms with Gasteiger partial charge in [0.1, 0.15) is 73.2 Å². The number of rotatable bonds is 59. The average molecular weight is 1380 g/mol. The molecule has 3 aliphatic heterocycles. The largest absolute Gasteiger partial charge is 0.394 e. The molecule has 562 valence electrons. The Kier molecular flexibility index (Phi) is 53.2. The standard InChI is InChI=1S/C78H137NO18/c1-3-5-7-9-11-13-15-17-19-21-23-25-27-28-29-30-31-32-34-35-37-39-41-43-45-47-49-51-53-55-62(83)61(79-66(84)56-54-52-50-48-46-44-42-40-38-36-33-26-24-22-20-18-16-14-12-10-8-6-4-2)60-92-76-72(90)69(87)74(64(58-81)94-76)97-78-73(91)70(88)75(65(59-82)95-78)96-77-71(89)68(86)67(85)63(57-80)93-77/h6,8,12,14,18,20,24,26,36,38,42,44,48,50,61-65,67-78,80-83,85-91H,3-5,7,9-11,13,15-17,19,21-23,25,27-35,37,39-41,43,45-47,49,51-60H2,1-2H3,(H,79,84)/b8-6-,14-12-,20-18-,26-24-,38-36-,44-42-,50-48-. The number of amides is 1. The third-order valence-electron chi connectivity index (χ3n) is 18.7. The van der Waals surface area contributed by atoms with Crippen LogP contribution in [0.15, 0.2) is 85.1 Å². The summed E-state index contributed by atoms with van der Waals surface area (Å²) < 4.78 is 34.4. The monoisotopic (exact) mass is 1380 g/mol. The molecule has 3 heterocycles. The maximum Gasteiger partial charge on any atom is 0.220 e. The van der Waals surface area contributed by atoms with Crippen LogP contribution in [0.2, 0.25) is 0 Å². The van der Waals surface area contributed by atoms with E-state index in [1.807, 2.05) is 6.08 Å². The number of nitrogens with one attached hydrogen (secondary N) is 1. The fourth-order valence-electron chi connectivity index (χ4n) is 12.6. The molecule has 0 bridgehead atoms. The van der Waals surface area contributed by atoms with Crippen molar-refractivity contribution in [3.63, 3.8) is 0 Å². The number of carbonyl (C=O) groups excluding carboxylic acids is 1. The van der Waals surface area contributed by atoms with Crippen LogP contribution in [0.1, 0.15) is 271 Å². The van der Waals surface area contributed by atoms with Crippen LogP contribution in [0, 0.1) is 0 Å². The number of carbonyl (C=O) groups is 1. The molecule has 0 saturated carbocycles. The highest BCUT2D eigenvalue weighted by molar-refractivity contribution is 5.76. The molecule has 17 atom stereocenters.